The van der Waals surface area contributed by atoms with Gasteiger partial charge in [-0.2, -0.15) is 0 Å². The molecular weight excluding hydrogens is 463 g/mol. The Bertz CT molecular complexity index is 904. The monoisotopic (exact) mass is 492 g/mol. The maximum absolute atomic E-state index is 13.3. The predicted molar refractivity (Wildman–Crippen MR) is 133 cm³/mol. The van der Waals surface area contributed by atoms with E-state index in [9.17, 15) is 9.59 Å². The van der Waals surface area contributed by atoms with Crippen LogP contribution in [0.2, 0.25) is 10.0 Å². The highest BCUT2D eigenvalue weighted by Crippen LogP contribution is 2.25. The zero-order valence-electron chi connectivity index (χ0n) is 18.4. The lowest BCUT2D eigenvalue weighted by molar-refractivity contribution is -0.139. The zero-order valence-corrected chi connectivity index (χ0v) is 20.7. The van der Waals surface area contributed by atoms with Crippen molar-refractivity contribution in [2.24, 2.45) is 0 Å². The summed E-state index contributed by atoms with van der Waals surface area (Å²) < 4.78 is 0. The molecule has 1 fully saturated rings. The van der Waals surface area contributed by atoms with E-state index in [-0.39, 0.29) is 23.6 Å². The van der Waals surface area contributed by atoms with Crippen molar-refractivity contribution in [3.8, 4) is 0 Å². The van der Waals surface area contributed by atoms with Crippen molar-refractivity contribution in [2.45, 2.75) is 69.0 Å². The fourth-order valence-electron chi connectivity index (χ4n) is 4.04. The molecule has 1 aliphatic rings. The summed E-state index contributed by atoms with van der Waals surface area (Å²) in [5.41, 5.74) is 0.848. The van der Waals surface area contributed by atoms with E-state index in [0.717, 1.165) is 36.1 Å². The summed E-state index contributed by atoms with van der Waals surface area (Å²) >= 11 is 13.7. The molecule has 0 saturated heterocycles. The minimum absolute atomic E-state index is 0.0717. The minimum Gasteiger partial charge on any atom is -0.352 e. The second-order valence-corrected chi connectivity index (χ2v) is 10.0. The van der Waals surface area contributed by atoms with Gasteiger partial charge in [0.1, 0.15) is 6.04 Å². The molecule has 3 rings (SSSR count). The third-order valence-electron chi connectivity index (χ3n) is 5.78. The van der Waals surface area contributed by atoms with Gasteiger partial charge in [0.05, 0.1) is 15.8 Å². The van der Waals surface area contributed by atoms with Gasteiger partial charge in [0.15, 0.2) is 0 Å². The Morgan fingerprint density at radius 2 is 1.78 bits per heavy atom. The van der Waals surface area contributed by atoms with Gasteiger partial charge in [-0.25, -0.2) is 0 Å². The number of rotatable bonds is 9. The molecule has 32 heavy (non-hydrogen) atoms. The lowest BCUT2D eigenvalue weighted by atomic mass is 9.95. The van der Waals surface area contributed by atoms with Crippen LogP contribution in [0.4, 0.5) is 0 Å². The molecule has 0 radical (unpaired) electrons. The molecule has 7 heteroatoms. The van der Waals surface area contributed by atoms with Crippen LogP contribution < -0.4 is 5.32 Å². The van der Waals surface area contributed by atoms with Gasteiger partial charge >= 0.3 is 0 Å². The number of carbonyl (C=O) groups is 2. The first kappa shape index (κ1) is 24.9. The predicted octanol–water partition coefficient (Wildman–Crippen LogP) is 6.34. The molecule has 0 spiro atoms. The molecule has 0 aromatic heterocycles. The van der Waals surface area contributed by atoms with Gasteiger partial charge in [-0.1, -0.05) is 73.7 Å². The minimum atomic E-state index is -0.532. The summed E-state index contributed by atoms with van der Waals surface area (Å²) in [5.74, 6) is 0.117. The molecule has 2 aromatic rings. The first-order chi connectivity index (χ1) is 15.5. The molecule has 1 aliphatic carbocycles. The molecule has 0 unspecified atom stereocenters. The molecule has 0 aliphatic heterocycles. The fourth-order valence-corrected chi connectivity index (χ4v) is 5.17. The highest BCUT2D eigenvalue weighted by molar-refractivity contribution is 8.00. The first-order valence-corrected chi connectivity index (χ1v) is 12.9. The van der Waals surface area contributed by atoms with Gasteiger partial charge in [0.2, 0.25) is 11.8 Å². The maximum atomic E-state index is 13.3. The van der Waals surface area contributed by atoms with Gasteiger partial charge in [0, 0.05) is 17.5 Å². The maximum Gasteiger partial charge on any atom is 0.243 e. The van der Waals surface area contributed by atoms with E-state index in [4.69, 9.17) is 23.2 Å². The number of carbonyl (C=O) groups excluding carboxylic acids is 2. The number of benzene rings is 2. The van der Waals surface area contributed by atoms with Crippen LogP contribution in [0.3, 0.4) is 0 Å². The molecule has 2 amide bonds. The summed E-state index contributed by atoms with van der Waals surface area (Å²) in [5, 5.41) is 4.11. The van der Waals surface area contributed by atoms with E-state index >= 15 is 0 Å². The average molecular weight is 494 g/mol. The zero-order chi connectivity index (χ0) is 22.9. The number of thioether (sulfide) groups is 1. The van der Waals surface area contributed by atoms with Crippen molar-refractivity contribution in [3.05, 3.63) is 64.1 Å². The summed E-state index contributed by atoms with van der Waals surface area (Å²) in [6.45, 7) is 2.26. The smallest absolute Gasteiger partial charge is 0.243 e. The van der Waals surface area contributed by atoms with Crippen molar-refractivity contribution in [1.29, 1.82) is 0 Å². The van der Waals surface area contributed by atoms with E-state index < -0.39 is 6.04 Å². The first-order valence-electron chi connectivity index (χ1n) is 11.2. The van der Waals surface area contributed by atoms with Crippen LogP contribution in [0.15, 0.2) is 53.4 Å². The van der Waals surface area contributed by atoms with E-state index in [2.05, 4.69) is 5.32 Å². The summed E-state index contributed by atoms with van der Waals surface area (Å²) in [6.07, 6.45) is 6.06. The molecule has 0 bridgehead atoms. The topological polar surface area (TPSA) is 49.4 Å². The van der Waals surface area contributed by atoms with E-state index in [1.165, 1.54) is 18.2 Å². The largest absolute Gasteiger partial charge is 0.352 e. The average Bonchev–Trinajstić information content (AvgIpc) is 2.81. The van der Waals surface area contributed by atoms with Crippen molar-refractivity contribution in [3.63, 3.8) is 0 Å². The lowest BCUT2D eigenvalue weighted by Crippen LogP contribution is -2.52. The van der Waals surface area contributed by atoms with Crippen molar-refractivity contribution < 1.29 is 9.59 Å². The Balaban J connectivity index is 1.77. The summed E-state index contributed by atoms with van der Waals surface area (Å²) in [6, 6.07) is 14.8. The molecular formula is C25H30Cl2N2O2S. The van der Waals surface area contributed by atoms with Crippen LogP contribution in [-0.2, 0) is 16.1 Å². The van der Waals surface area contributed by atoms with E-state index in [1.807, 2.05) is 43.3 Å². The summed E-state index contributed by atoms with van der Waals surface area (Å²) in [7, 11) is 0. The lowest BCUT2D eigenvalue weighted by Gasteiger charge is -2.32. The second-order valence-electron chi connectivity index (χ2n) is 8.14. The van der Waals surface area contributed by atoms with Crippen LogP contribution in [0.25, 0.3) is 0 Å². The van der Waals surface area contributed by atoms with Gasteiger partial charge in [0.25, 0.3) is 0 Å². The SMILES string of the molecule is CC[C@H](C(=O)NC1CCCCC1)N(Cc1ccc(Cl)c(Cl)c1)C(=O)CSc1ccccc1. The Morgan fingerprint density at radius 3 is 2.44 bits per heavy atom. The third kappa shape index (κ3) is 7.16. The molecule has 2 aromatic carbocycles. The van der Waals surface area contributed by atoms with Crippen LogP contribution in [0, 0.1) is 0 Å². The molecule has 0 heterocycles. The van der Waals surface area contributed by atoms with Crippen molar-refractivity contribution in [2.75, 3.05) is 5.75 Å². The molecule has 1 atom stereocenters. The quantitative estimate of drug-likeness (QED) is 0.415. The third-order valence-corrected chi connectivity index (χ3v) is 7.52. The Kier molecular flexibility index (Phi) is 9.76. The number of halogens is 2. The highest BCUT2D eigenvalue weighted by atomic mass is 35.5. The standard InChI is InChI=1S/C25H30Cl2N2O2S/c1-2-23(25(31)28-19-9-5-3-6-10-19)29(16-18-13-14-21(26)22(27)15-18)24(30)17-32-20-11-7-4-8-12-20/h4,7-8,11-15,19,23H,2-3,5-6,9-10,16-17H2,1H3,(H,28,31)/t23-/m1/s1. The fraction of sp³-hybridized carbons (Fsp3) is 0.440. The molecule has 4 nitrogen and oxygen atoms in total. The highest BCUT2D eigenvalue weighted by Gasteiger charge is 2.30. The number of amides is 2. The van der Waals surface area contributed by atoms with Gasteiger partial charge in [-0.15, -0.1) is 11.8 Å². The Hall–Kier alpha value is -1.69. The number of hydrogen-bond donors (Lipinski definition) is 1. The molecule has 172 valence electrons. The van der Waals surface area contributed by atoms with Gasteiger partial charge in [-0.05, 0) is 49.1 Å². The van der Waals surface area contributed by atoms with E-state index in [1.54, 1.807) is 17.0 Å². The van der Waals surface area contributed by atoms with Crippen LogP contribution in [0.1, 0.15) is 51.0 Å². The second kappa shape index (κ2) is 12.5. The van der Waals surface area contributed by atoms with Crippen LogP contribution in [-0.4, -0.2) is 34.6 Å². The normalized spacial score (nSPS) is 15.2. The van der Waals surface area contributed by atoms with E-state index in [0.29, 0.717) is 23.0 Å². The Morgan fingerprint density at radius 1 is 1.06 bits per heavy atom. The van der Waals surface area contributed by atoms with Gasteiger partial charge in [-0.3, -0.25) is 9.59 Å². The molecule has 1 saturated carbocycles. The number of hydrogen-bond acceptors (Lipinski definition) is 3. The van der Waals surface area contributed by atoms with Gasteiger partial charge < -0.3 is 10.2 Å². The number of nitrogens with zero attached hydrogens (tertiary/aromatic N) is 1. The number of nitrogens with one attached hydrogen (secondary N) is 1. The van der Waals surface area contributed by atoms with Crippen molar-refractivity contribution >= 4 is 46.8 Å². The summed E-state index contributed by atoms with van der Waals surface area (Å²) in [4.78, 5) is 29.3. The van der Waals surface area contributed by atoms with Crippen LogP contribution >= 0.6 is 35.0 Å². The van der Waals surface area contributed by atoms with Crippen LogP contribution in [0.5, 0.6) is 0 Å². The Labute approximate surface area is 205 Å². The molecule has 1 N–H and O–H groups in total. The van der Waals surface area contributed by atoms with Crippen molar-refractivity contribution in [1.82, 2.24) is 10.2 Å².